The lowest BCUT2D eigenvalue weighted by Crippen LogP contribution is -2.30. The first-order chi connectivity index (χ1) is 8.11. The summed E-state index contributed by atoms with van der Waals surface area (Å²) in [5.74, 6) is -0.0443. The molecule has 0 heterocycles. The lowest BCUT2D eigenvalue weighted by molar-refractivity contribution is -0.140. The van der Waals surface area contributed by atoms with Crippen molar-refractivity contribution >= 4 is 11.9 Å². The van der Waals surface area contributed by atoms with Crippen LogP contribution in [0.15, 0.2) is 0 Å². The Kier molecular flexibility index (Phi) is 5.97. The van der Waals surface area contributed by atoms with E-state index in [0.29, 0.717) is 18.9 Å². The van der Waals surface area contributed by atoms with Crippen LogP contribution in [0.5, 0.6) is 0 Å². The number of carbonyl (C=O) groups is 2. The zero-order valence-electron chi connectivity index (χ0n) is 10.7. The van der Waals surface area contributed by atoms with Crippen molar-refractivity contribution in [2.24, 2.45) is 0 Å². The Morgan fingerprint density at radius 1 is 1.29 bits per heavy atom. The van der Waals surface area contributed by atoms with Gasteiger partial charge in [0, 0.05) is 25.4 Å². The molecule has 0 radical (unpaired) electrons. The molecule has 0 unspecified atom stereocenters. The van der Waals surface area contributed by atoms with Crippen LogP contribution in [0.25, 0.3) is 0 Å². The average molecular weight is 242 g/mol. The van der Waals surface area contributed by atoms with Crippen LogP contribution < -0.4 is 5.32 Å². The monoisotopic (exact) mass is 242 g/mol. The third kappa shape index (κ3) is 6.94. The molecular weight excluding hydrogens is 220 g/mol. The van der Waals surface area contributed by atoms with Gasteiger partial charge in [0.1, 0.15) is 0 Å². The predicted octanol–water partition coefficient (Wildman–Crippen LogP) is 0.540. The number of hydrogen-bond donors (Lipinski definition) is 1. The van der Waals surface area contributed by atoms with Crippen molar-refractivity contribution in [3.63, 3.8) is 0 Å². The van der Waals surface area contributed by atoms with E-state index in [0.717, 1.165) is 32.4 Å². The van der Waals surface area contributed by atoms with E-state index in [4.69, 9.17) is 0 Å². The van der Waals surface area contributed by atoms with Gasteiger partial charge in [-0.1, -0.05) is 0 Å². The molecule has 0 aromatic rings. The molecule has 0 atom stereocenters. The van der Waals surface area contributed by atoms with Crippen molar-refractivity contribution in [3.8, 4) is 0 Å². The Morgan fingerprint density at radius 2 is 2.00 bits per heavy atom. The van der Waals surface area contributed by atoms with Crippen molar-refractivity contribution in [2.75, 3.05) is 27.2 Å². The molecule has 0 aromatic heterocycles. The number of ether oxygens (including phenoxy) is 1. The molecule has 0 aliphatic heterocycles. The van der Waals surface area contributed by atoms with E-state index in [9.17, 15) is 9.59 Å². The molecule has 98 valence electrons. The summed E-state index contributed by atoms with van der Waals surface area (Å²) in [4.78, 5) is 24.4. The molecule has 0 aromatic carbocycles. The molecule has 1 fully saturated rings. The zero-order chi connectivity index (χ0) is 12.7. The minimum atomic E-state index is -0.176. The Hall–Kier alpha value is -1.10. The van der Waals surface area contributed by atoms with E-state index in [1.54, 1.807) is 0 Å². The molecule has 5 heteroatoms. The van der Waals surface area contributed by atoms with Gasteiger partial charge in [0.15, 0.2) is 0 Å². The Morgan fingerprint density at radius 3 is 2.59 bits per heavy atom. The highest BCUT2D eigenvalue weighted by molar-refractivity contribution is 5.76. The van der Waals surface area contributed by atoms with Crippen LogP contribution in [-0.2, 0) is 14.3 Å². The topological polar surface area (TPSA) is 58.6 Å². The minimum Gasteiger partial charge on any atom is -0.469 e. The minimum absolute atomic E-state index is 0.132. The highest BCUT2D eigenvalue weighted by Gasteiger charge is 2.22. The SMILES string of the molecule is COC(=O)CCCN(C)CCC(=O)NC1CC1. The van der Waals surface area contributed by atoms with E-state index in [1.165, 1.54) is 7.11 Å². The van der Waals surface area contributed by atoms with Gasteiger partial charge in [-0.05, 0) is 32.9 Å². The number of amides is 1. The molecular formula is C12H22N2O3. The van der Waals surface area contributed by atoms with Crippen molar-refractivity contribution in [1.82, 2.24) is 10.2 Å². The van der Waals surface area contributed by atoms with Crippen LogP contribution >= 0.6 is 0 Å². The van der Waals surface area contributed by atoms with Crippen LogP contribution in [0.4, 0.5) is 0 Å². The largest absolute Gasteiger partial charge is 0.469 e. The van der Waals surface area contributed by atoms with Crippen molar-refractivity contribution in [2.45, 2.75) is 38.1 Å². The predicted molar refractivity (Wildman–Crippen MR) is 64.5 cm³/mol. The Bertz CT molecular complexity index is 264. The third-order valence-corrected chi connectivity index (χ3v) is 2.81. The first-order valence-corrected chi connectivity index (χ1v) is 6.16. The quantitative estimate of drug-likeness (QED) is 0.631. The van der Waals surface area contributed by atoms with Crippen LogP contribution in [0.3, 0.4) is 0 Å². The number of hydrogen-bond acceptors (Lipinski definition) is 4. The molecule has 5 nitrogen and oxygen atoms in total. The second kappa shape index (κ2) is 7.27. The molecule has 1 aliphatic rings. The van der Waals surface area contributed by atoms with Crippen LogP contribution in [0.2, 0.25) is 0 Å². The van der Waals surface area contributed by atoms with Gasteiger partial charge < -0.3 is 15.0 Å². The van der Waals surface area contributed by atoms with Gasteiger partial charge in [0.2, 0.25) is 5.91 Å². The molecule has 1 amide bonds. The van der Waals surface area contributed by atoms with Gasteiger partial charge in [-0.25, -0.2) is 0 Å². The van der Waals surface area contributed by atoms with Gasteiger partial charge in [-0.3, -0.25) is 9.59 Å². The number of nitrogens with zero attached hydrogens (tertiary/aromatic N) is 1. The Balaban J connectivity index is 1.97. The fourth-order valence-electron chi connectivity index (χ4n) is 1.53. The van der Waals surface area contributed by atoms with Crippen molar-refractivity contribution < 1.29 is 14.3 Å². The maximum absolute atomic E-state index is 11.4. The maximum Gasteiger partial charge on any atom is 0.305 e. The lowest BCUT2D eigenvalue weighted by atomic mass is 10.3. The summed E-state index contributed by atoms with van der Waals surface area (Å²) in [5, 5.41) is 2.95. The van der Waals surface area contributed by atoms with E-state index < -0.39 is 0 Å². The van der Waals surface area contributed by atoms with Gasteiger partial charge in [0.25, 0.3) is 0 Å². The van der Waals surface area contributed by atoms with Crippen LogP contribution in [0, 0.1) is 0 Å². The van der Waals surface area contributed by atoms with Crippen LogP contribution in [-0.4, -0.2) is 50.1 Å². The number of nitrogens with one attached hydrogen (secondary N) is 1. The summed E-state index contributed by atoms with van der Waals surface area (Å²) < 4.78 is 4.56. The maximum atomic E-state index is 11.4. The third-order valence-electron chi connectivity index (χ3n) is 2.81. The summed E-state index contributed by atoms with van der Waals surface area (Å²) in [7, 11) is 3.36. The van der Waals surface area contributed by atoms with Gasteiger partial charge in [0.05, 0.1) is 7.11 Å². The lowest BCUT2D eigenvalue weighted by Gasteiger charge is -2.15. The highest BCUT2D eigenvalue weighted by Crippen LogP contribution is 2.18. The van der Waals surface area contributed by atoms with Gasteiger partial charge >= 0.3 is 5.97 Å². The van der Waals surface area contributed by atoms with E-state index in [1.807, 2.05) is 7.05 Å². The van der Waals surface area contributed by atoms with E-state index in [-0.39, 0.29) is 11.9 Å². The van der Waals surface area contributed by atoms with Gasteiger partial charge in [-0.15, -0.1) is 0 Å². The van der Waals surface area contributed by atoms with Gasteiger partial charge in [-0.2, -0.15) is 0 Å². The van der Waals surface area contributed by atoms with Crippen molar-refractivity contribution in [3.05, 3.63) is 0 Å². The summed E-state index contributed by atoms with van der Waals surface area (Å²) >= 11 is 0. The molecule has 1 saturated carbocycles. The van der Waals surface area contributed by atoms with Crippen LogP contribution in [0.1, 0.15) is 32.1 Å². The normalized spacial score (nSPS) is 14.8. The fraction of sp³-hybridized carbons (Fsp3) is 0.833. The molecule has 0 spiro atoms. The van der Waals surface area contributed by atoms with Crippen molar-refractivity contribution in [1.29, 1.82) is 0 Å². The second-order valence-electron chi connectivity index (χ2n) is 4.57. The number of carbonyl (C=O) groups excluding carboxylic acids is 2. The molecule has 0 bridgehead atoms. The standard InChI is InChI=1S/C12H22N2O3/c1-14(8-3-4-12(16)17-2)9-7-11(15)13-10-5-6-10/h10H,3-9H2,1-2H3,(H,13,15). The first kappa shape index (κ1) is 14.0. The smallest absolute Gasteiger partial charge is 0.305 e. The molecule has 1 rings (SSSR count). The molecule has 0 saturated heterocycles. The summed E-state index contributed by atoms with van der Waals surface area (Å²) in [6, 6.07) is 0.437. The summed E-state index contributed by atoms with van der Waals surface area (Å²) in [6.45, 7) is 1.55. The summed E-state index contributed by atoms with van der Waals surface area (Å²) in [6.07, 6.45) is 4.00. The first-order valence-electron chi connectivity index (χ1n) is 6.16. The summed E-state index contributed by atoms with van der Waals surface area (Å²) in [5.41, 5.74) is 0. The highest BCUT2D eigenvalue weighted by atomic mass is 16.5. The zero-order valence-corrected chi connectivity index (χ0v) is 10.7. The Labute approximate surface area is 102 Å². The number of rotatable bonds is 8. The van der Waals surface area contributed by atoms with E-state index in [2.05, 4.69) is 15.0 Å². The molecule has 17 heavy (non-hydrogen) atoms. The average Bonchev–Trinajstić information content (AvgIpc) is 3.10. The number of esters is 1. The number of methoxy groups -OCH3 is 1. The second-order valence-corrected chi connectivity index (χ2v) is 4.57. The molecule has 1 aliphatic carbocycles. The van der Waals surface area contributed by atoms with E-state index >= 15 is 0 Å². The molecule has 1 N–H and O–H groups in total. The fourth-order valence-corrected chi connectivity index (χ4v) is 1.53.